The Hall–Kier alpha value is -3.67. The number of unbranched alkanes of at least 4 members (excludes halogenated alkanes) is 24. The van der Waals surface area contributed by atoms with Crippen molar-refractivity contribution in [3.05, 3.63) is 97.2 Å². The third-order valence-corrected chi connectivity index (χ3v) is 12.1. The molecule has 1 unspecified atom stereocenters. The Bertz CT molecular complexity index is 1380. The normalized spacial score (nSPS) is 12.8. The first-order valence-corrected chi connectivity index (χ1v) is 28.7. The van der Waals surface area contributed by atoms with Crippen LogP contribution in [0.3, 0.4) is 0 Å². The standard InChI is InChI=1S/C63H106O6/c1-4-7-10-13-16-19-22-25-27-29-30-31-32-33-34-35-37-38-41-44-47-50-53-56-62(65)68-59-60(58-67-61(64)55-52-49-46-43-40-24-21-18-15-12-9-6-3)69-63(66)57-54-51-48-45-42-39-36-28-26-23-20-17-14-11-8-5-2/h7,10,16,19-20,23,25,27-28,30-31,33-34,36-38,60H,4-6,8-9,11-15,17-18,21-22,24,26,29,32,35,39-59H2,1-3H3/b10-7-,19-16-,23-20-,27-25-,31-30-,34-33-,36-28-,38-37-. The number of hydrogen-bond donors (Lipinski definition) is 0. The van der Waals surface area contributed by atoms with Gasteiger partial charge in [-0.15, -0.1) is 0 Å². The van der Waals surface area contributed by atoms with Crippen molar-refractivity contribution in [2.75, 3.05) is 13.2 Å². The minimum Gasteiger partial charge on any atom is -0.462 e. The zero-order chi connectivity index (χ0) is 50.0. The molecule has 1 atom stereocenters. The van der Waals surface area contributed by atoms with Crippen LogP contribution >= 0.6 is 0 Å². The van der Waals surface area contributed by atoms with Gasteiger partial charge in [0, 0.05) is 19.3 Å². The maximum Gasteiger partial charge on any atom is 0.306 e. The molecule has 0 bridgehead atoms. The number of carbonyl (C=O) groups is 3. The Morgan fingerprint density at radius 3 is 0.899 bits per heavy atom. The maximum atomic E-state index is 12.8. The van der Waals surface area contributed by atoms with E-state index in [9.17, 15) is 14.4 Å². The predicted octanol–water partition coefficient (Wildman–Crippen LogP) is 19.3. The van der Waals surface area contributed by atoms with E-state index in [1.807, 2.05) is 0 Å². The molecule has 69 heavy (non-hydrogen) atoms. The lowest BCUT2D eigenvalue weighted by Crippen LogP contribution is -2.30. The fourth-order valence-corrected chi connectivity index (χ4v) is 7.77. The van der Waals surface area contributed by atoms with Crippen LogP contribution in [-0.4, -0.2) is 37.2 Å². The second-order valence-corrected chi connectivity index (χ2v) is 18.8. The molecule has 0 rings (SSSR count). The SMILES string of the molecule is CC/C=C\C/C=C\C/C=C\C/C=C\C/C=C\C/C=C\CCCCCCC(=O)OCC(COC(=O)CCCCCCCCCCCCCC)OC(=O)CCCCCCC/C=C\C/C=C\CCCCCC. The van der Waals surface area contributed by atoms with Gasteiger partial charge in [0.1, 0.15) is 13.2 Å². The highest BCUT2D eigenvalue weighted by Gasteiger charge is 2.19. The smallest absolute Gasteiger partial charge is 0.306 e. The van der Waals surface area contributed by atoms with Gasteiger partial charge in [0.25, 0.3) is 0 Å². The van der Waals surface area contributed by atoms with E-state index in [1.165, 1.54) is 89.9 Å². The fourth-order valence-electron chi connectivity index (χ4n) is 7.77. The molecule has 0 saturated heterocycles. The van der Waals surface area contributed by atoms with Crippen LogP contribution in [0.25, 0.3) is 0 Å². The predicted molar refractivity (Wildman–Crippen MR) is 297 cm³/mol. The van der Waals surface area contributed by atoms with E-state index in [4.69, 9.17) is 14.2 Å². The lowest BCUT2D eigenvalue weighted by Gasteiger charge is -2.18. The van der Waals surface area contributed by atoms with Gasteiger partial charge in [-0.2, -0.15) is 0 Å². The van der Waals surface area contributed by atoms with Crippen molar-refractivity contribution < 1.29 is 28.6 Å². The Morgan fingerprint density at radius 1 is 0.304 bits per heavy atom. The van der Waals surface area contributed by atoms with Crippen LogP contribution < -0.4 is 0 Å². The number of hydrogen-bond acceptors (Lipinski definition) is 6. The maximum absolute atomic E-state index is 12.8. The van der Waals surface area contributed by atoms with Gasteiger partial charge >= 0.3 is 17.9 Å². The number of rotatable bonds is 51. The quantitative estimate of drug-likeness (QED) is 0.0262. The zero-order valence-corrected chi connectivity index (χ0v) is 45.0. The molecule has 0 aromatic carbocycles. The summed E-state index contributed by atoms with van der Waals surface area (Å²) in [7, 11) is 0. The number of allylic oxidation sites excluding steroid dienone is 16. The van der Waals surface area contributed by atoms with Crippen molar-refractivity contribution in [1.29, 1.82) is 0 Å². The van der Waals surface area contributed by atoms with Gasteiger partial charge in [-0.1, -0.05) is 240 Å². The summed E-state index contributed by atoms with van der Waals surface area (Å²) in [4.78, 5) is 38.1. The molecule has 0 N–H and O–H groups in total. The monoisotopic (exact) mass is 959 g/mol. The molecule has 0 heterocycles. The molecule has 0 aliphatic heterocycles. The summed E-state index contributed by atoms with van der Waals surface area (Å²) < 4.78 is 16.8. The molecule has 394 valence electrons. The summed E-state index contributed by atoms with van der Waals surface area (Å²) in [6.07, 6.45) is 75.3. The molecule has 0 aliphatic rings. The molecule has 0 fully saturated rings. The minimum atomic E-state index is -0.795. The number of carbonyl (C=O) groups excluding carboxylic acids is 3. The summed E-state index contributed by atoms with van der Waals surface area (Å²) in [6.45, 7) is 6.48. The largest absolute Gasteiger partial charge is 0.462 e. The van der Waals surface area contributed by atoms with Crippen molar-refractivity contribution in [2.24, 2.45) is 0 Å². The topological polar surface area (TPSA) is 78.9 Å². The van der Waals surface area contributed by atoms with E-state index in [2.05, 4.69) is 118 Å². The Morgan fingerprint density at radius 2 is 0.565 bits per heavy atom. The van der Waals surface area contributed by atoms with Crippen LogP contribution in [0.4, 0.5) is 0 Å². The van der Waals surface area contributed by atoms with Crippen LogP contribution in [0.15, 0.2) is 97.2 Å². The second kappa shape index (κ2) is 56.9. The molecule has 0 aliphatic carbocycles. The van der Waals surface area contributed by atoms with E-state index in [0.29, 0.717) is 19.3 Å². The van der Waals surface area contributed by atoms with E-state index in [0.717, 1.165) is 135 Å². The molecule has 0 spiro atoms. The van der Waals surface area contributed by atoms with Gasteiger partial charge in [-0.25, -0.2) is 0 Å². The van der Waals surface area contributed by atoms with Gasteiger partial charge in [0.2, 0.25) is 0 Å². The van der Waals surface area contributed by atoms with Gasteiger partial charge in [-0.05, 0) is 103 Å². The molecule has 0 aromatic heterocycles. The first-order chi connectivity index (χ1) is 34.0. The van der Waals surface area contributed by atoms with E-state index in [-0.39, 0.29) is 31.1 Å². The van der Waals surface area contributed by atoms with Crippen molar-refractivity contribution >= 4 is 17.9 Å². The average molecular weight is 960 g/mol. The minimum absolute atomic E-state index is 0.0903. The average Bonchev–Trinajstić information content (AvgIpc) is 3.35. The highest BCUT2D eigenvalue weighted by Crippen LogP contribution is 2.15. The highest BCUT2D eigenvalue weighted by atomic mass is 16.6. The van der Waals surface area contributed by atoms with Crippen LogP contribution in [0.5, 0.6) is 0 Å². The molecular formula is C63H106O6. The van der Waals surface area contributed by atoms with Gasteiger partial charge in [-0.3, -0.25) is 14.4 Å². The van der Waals surface area contributed by atoms with Gasteiger partial charge in [0.05, 0.1) is 0 Å². The molecule has 0 aromatic rings. The molecule has 0 saturated carbocycles. The summed E-state index contributed by atoms with van der Waals surface area (Å²) in [6, 6.07) is 0. The summed E-state index contributed by atoms with van der Waals surface area (Å²) in [5.41, 5.74) is 0. The number of ether oxygens (including phenoxy) is 3. The first kappa shape index (κ1) is 65.3. The van der Waals surface area contributed by atoms with Gasteiger partial charge < -0.3 is 14.2 Å². The summed E-state index contributed by atoms with van der Waals surface area (Å²) in [5.74, 6) is -0.927. The van der Waals surface area contributed by atoms with Gasteiger partial charge in [0.15, 0.2) is 6.10 Å². The molecule has 0 amide bonds. The highest BCUT2D eigenvalue weighted by molar-refractivity contribution is 5.71. The van der Waals surface area contributed by atoms with E-state index >= 15 is 0 Å². The van der Waals surface area contributed by atoms with Crippen molar-refractivity contribution in [1.82, 2.24) is 0 Å². The van der Waals surface area contributed by atoms with Crippen LogP contribution in [0, 0.1) is 0 Å². The third-order valence-electron chi connectivity index (χ3n) is 12.1. The lowest BCUT2D eigenvalue weighted by molar-refractivity contribution is -0.167. The first-order valence-electron chi connectivity index (χ1n) is 28.7. The van der Waals surface area contributed by atoms with Crippen LogP contribution in [0.2, 0.25) is 0 Å². The lowest BCUT2D eigenvalue weighted by atomic mass is 10.0. The number of esters is 3. The Balaban J connectivity index is 4.42. The van der Waals surface area contributed by atoms with Crippen LogP contribution in [-0.2, 0) is 28.6 Å². The molecule has 6 nitrogen and oxygen atoms in total. The third kappa shape index (κ3) is 55.1. The van der Waals surface area contributed by atoms with Crippen molar-refractivity contribution in [2.45, 2.75) is 271 Å². The summed E-state index contributed by atoms with van der Waals surface area (Å²) >= 11 is 0. The Labute approximate surface area is 426 Å². The fraction of sp³-hybridized carbons (Fsp3) is 0.698. The zero-order valence-electron chi connectivity index (χ0n) is 45.0. The van der Waals surface area contributed by atoms with Crippen molar-refractivity contribution in [3.63, 3.8) is 0 Å². The summed E-state index contributed by atoms with van der Waals surface area (Å²) in [5, 5.41) is 0. The van der Waals surface area contributed by atoms with E-state index in [1.54, 1.807) is 0 Å². The molecular weight excluding hydrogens is 853 g/mol. The van der Waals surface area contributed by atoms with Crippen molar-refractivity contribution in [3.8, 4) is 0 Å². The second-order valence-electron chi connectivity index (χ2n) is 18.8. The Kier molecular flexibility index (Phi) is 53.9. The molecule has 0 radical (unpaired) electrons. The van der Waals surface area contributed by atoms with Crippen LogP contribution in [0.1, 0.15) is 265 Å². The molecule has 6 heteroatoms. The van der Waals surface area contributed by atoms with E-state index < -0.39 is 6.10 Å².